The van der Waals surface area contributed by atoms with Gasteiger partial charge in [-0.15, -0.1) is 0 Å². The SMILES string of the molecule is CCC1CCC(N)(c2nc3cc(OC)ccc3o2)CC1. The third-order valence-electron chi connectivity index (χ3n) is 4.60. The van der Waals surface area contributed by atoms with Crippen LogP contribution in [0.5, 0.6) is 5.75 Å². The van der Waals surface area contributed by atoms with Crippen LogP contribution in [0.3, 0.4) is 0 Å². The van der Waals surface area contributed by atoms with Crippen molar-refractivity contribution in [2.45, 2.75) is 44.6 Å². The molecule has 108 valence electrons. The predicted molar refractivity (Wildman–Crippen MR) is 78.7 cm³/mol. The average Bonchev–Trinajstić information content (AvgIpc) is 2.91. The molecule has 0 bridgehead atoms. The van der Waals surface area contributed by atoms with Gasteiger partial charge in [-0.3, -0.25) is 0 Å². The number of hydrogen-bond acceptors (Lipinski definition) is 4. The van der Waals surface area contributed by atoms with E-state index in [1.807, 2.05) is 18.2 Å². The zero-order valence-electron chi connectivity index (χ0n) is 12.2. The van der Waals surface area contributed by atoms with Gasteiger partial charge < -0.3 is 14.9 Å². The van der Waals surface area contributed by atoms with E-state index in [1.54, 1.807) is 7.11 Å². The lowest BCUT2D eigenvalue weighted by Crippen LogP contribution is -2.40. The van der Waals surface area contributed by atoms with Gasteiger partial charge in [0.15, 0.2) is 5.58 Å². The Morgan fingerprint density at radius 3 is 2.80 bits per heavy atom. The van der Waals surface area contributed by atoms with Gasteiger partial charge in [-0.05, 0) is 43.7 Å². The molecule has 0 saturated heterocycles. The van der Waals surface area contributed by atoms with Crippen molar-refractivity contribution in [1.82, 2.24) is 4.98 Å². The molecule has 0 amide bonds. The molecule has 2 aromatic rings. The minimum atomic E-state index is -0.405. The number of rotatable bonds is 3. The first-order chi connectivity index (χ1) is 9.64. The summed E-state index contributed by atoms with van der Waals surface area (Å²) in [6.07, 6.45) is 5.47. The van der Waals surface area contributed by atoms with Crippen LogP contribution in [0.15, 0.2) is 22.6 Å². The molecule has 0 atom stereocenters. The van der Waals surface area contributed by atoms with Crippen LogP contribution in [0.2, 0.25) is 0 Å². The molecule has 1 fully saturated rings. The monoisotopic (exact) mass is 274 g/mol. The average molecular weight is 274 g/mol. The molecule has 1 aliphatic rings. The fourth-order valence-electron chi connectivity index (χ4n) is 3.06. The van der Waals surface area contributed by atoms with Crippen LogP contribution in [0, 0.1) is 5.92 Å². The van der Waals surface area contributed by atoms with E-state index in [0.29, 0.717) is 5.89 Å². The number of nitrogens with zero attached hydrogens (tertiary/aromatic N) is 1. The van der Waals surface area contributed by atoms with Crippen molar-refractivity contribution in [1.29, 1.82) is 0 Å². The normalized spacial score (nSPS) is 26.9. The molecule has 4 heteroatoms. The Balaban J connectivity index is 1.90. The molecule has 0 radical (unpaired) electrons. The summed E-state index contributed by atoms with van der Waals surface area (Å²) in [6.45, 7) is 2.25. The van der Waals surface area contributed by atoms with Gasteiger partial charge in [-0.2, -0.15) is 0 Å². The second-order valence-electron chi connectivity index (χ2n) is 5.86. The van der Waals surface area contributed by atoms with Gasteiger partial charge in [0, 0.05) is 6.07 Å². The first kappa shape index (κ1) is 13.4. The van der Waals surface area contributed by atoms with Gasteiger partial charge in [0.25, 0.3) is 0 Å². The summed E-state index contributed by atoms with van der Waals surface area (Å²) in [4.78, 5) is 4.60. The molecule has 0 spiro atoms. The Morgan fingerprint density at radius 1 is 1.40 bits per heavy atom. The Labute approximate surface area is 119 Å². The molecule has 20 heavy (non-hydrogen) atoms. The van der Waals surface area contributed by atoms with E-state index < -0.39 is 5.54 Å². The Kier molecular flexibility index (Phi) is 3.42. The highest BCUT2D eigenvalue weighted by molar-refractivity contribution is 5.74. The first-order valence-electron chi connectivity index (χ1n) is 7.38. The number of aromatic nitrogens is 1. The highest BCUT2D eigenvalue weighted by Gasteiger charge is 2.37. The summed E-state index contributed by atoms with van der Waals surface area (Å²) in [5.41, 5.74) is 7.74. The van der Waals surface area contributed by atoms with Crippen molar-refractivity contribution in [2.75, 3.05) is 7.11 Å². The zero-order valence-corrected chi connectivity index (χ0v) is 12.2. The van der Waals surface area contributed by atoms with Crippen molar-refractivity contribution >= 4 is 11.1 Å². The van der Waals surface area contributed by atoms with Crippen molar-refractivity contribution in [3.05, 3.63) is 24.1 Å². The van der Waals surface area contributed by atoms with Crippen LogP contribution in [0.4, 0.5) is 0 Å². The van der Waals surface area contributed by atoms with Crippen LogP contribution in [0.1, 0.15) is 44.9 Å². The fraction of sp³-hybridized carbons (Fsp3) is 0.562. The van der Waals surface area contributed by atoms with E-state index in [4.69, 9.17) is 14.9 Å². The van der Waals surface area contributed by atoms with Crippen molar-refractivity contribution < 1.29 is 9.15 Å². The molecule has 0 unspecified atom stereocenters. The number of benzene rings is 1. The van der Waals surface area contributed by atoms with E-state index in [-0.39, 0.29) is 0 Å². The number of nitrogens with two attached hydrogens (primary N) is 1. The summed E-state index contributed by atoms with van der Waals surface area (Å²) in [6, 6.07) is 5.67. The molecule has 1 aliphatic carbocycles. The summed E-state index contributed by atoms with van der Waals surface area (Å²) in [5.74, 6) is 2.27. The molecule has 1 heterocycles. The van der Waals surface area contributed by atoms with Gasteiger partial charge >= 0.3 is 0 Å². The summed E-state index contributed by atoms with van der Waals surface area (Å²) >= 11 is 0. The van der Waals surface area contributed by atoms with E-state index in [0.717, 1.165) is 48.5 Å². The van der Waals surface area contributed by atoms with Gasteiger partial charge in [0.1, 0.15) is 11.3 Å². The lowest BCUT2D eigenvalue weighted by Gasteiger charge is -2.34. The first-order valence-corrected chi connectivity index (χ1v) is 7.38. The summed E-state index contributed by atoms with van der Waals surface area (Å²) < 4.78 is 11.1. The quantitative estimate of drug-likeness (QED) is 0.929. The number of methoxy groups -OCH3 is 1. The highest BCUT2D eigenvalue weighted by atomic mass is 16.5. The molecule has 0 aliphatic heterocycles. The Morgan fingerprint density at radius 2 is 2.15 bits per heavy atom. The highest BCUT2D eigenvalue weighted by Crippen LogP contribution is 2.39. The maximum atomic E-state index is 6.54. The molecule has 2 N–H and O–H groups in total. The molecule has 4 nitrogen and oxygen atoms in total. The maximum Gasteiger partial charge on any atom is 0.215 e. The van der Waals surface area contributed by atoms with E-state index in [2.05, 4.69) is 11.9 Å². The largest absolute Gasteiger partial charge is 0.497 e. The van der Waals surface area contributed by atoms with E-state index in [9.17, 15) is 0 Å². The molecule has 3 rings (SSSR count). The van der Waals surface area contributed by atoms with Crippen LogP contribution in [0.25, 0.3) is 11.1 Å². The van der Waals surface area contributed by atoms with Crippen LogP contribution < -0.4 is 10.5 Å². The minimum Gasteiger partial charge on any atom is -0.497 e. The number of fused-ring (bicyclic) bond motifs is 1. The molecular weight excluding hydrogens is 252 g/mol. The molecular formula is C16H22N2O2. The van der Waals surface area contributed by atoms with Gasteiger partial charge in [-0.25, -0.2) is 4.98 Å². The second-order valence-corrected chi connectivity index (χ2v) is 5.86. The number of oxazole rings is 1. The summed E-state index contributed by atoms with van der Waals surface area (Å²) in [7, 11) is 1.65. The number of hydrogen-bond donors (Lipinski definition) is 1. The van der Waals surface area contributed by atoms with Crippen LogP contribution >= 0.6 is 0 Å². The van der Waals surface area contributed by atoms with Gasteiger partial charge in [0.05, 0.1) is 12.6 Å². The lowest BCUT2D eigenvalue weighted by molar-refractivity contribution is 0.198. The fourth-order valence-corrected chi connectivity index (χ4v) is 3.06. The minimum absolute atomic E-state index is 0.405. The number of ether oxygens (including phenoxy) is 1. The van der Waals surface area contributed by atoms with Gasteiger partial charge in [0.2, 0.25) is 5.89 Å². The third-order valence-corrected chi connectivity index (χ3v) is 4.60. The van der Waals surface area contributed by atoms with Crippen LogP contribution in [-0.2, 0) is 5.54 Å². The molecule has 1 aromatic heterocycles. The van der Waals surface area contributed by atoms with E-state index in [1.165, 1.54) is 6.42 Å². The summed E-state index contributed by atoms with van der Waals surface area (Å²) in [5, 5.41) is 0. The van der Waals surface area contributed by atoms with Crippen molar-refractivity contribution in [2.24, 2.45) is 11.7 Å². The predicted octanol–water partition coefficient (Wildman–Crippen LogP) is 3.59. The topological polar surface area (TPSA) is 61.3 Å². The van der Waals surface area contributed by atoms with Crippen LogP contribution in [-0.4, -0.2) is 12.1 Å². The molecule has 1 aromatic carbocycles. The lowest BCUT2D eigenvalue weighted by atomic mass is 9.76. The zero-order chi connectivity index (χ0) is 14.2. The second kappa shape index (κ2) is 5.09. The smallest absolute Gasteiger partial charge is 0.215 e. The van der Waals surface area contributed by atoms with Gasteiger partial charge in [-0.1, -0.05) is 13.3 Å². The standard InChI is InChI=1S/C16H22N2O2/c1-3-11-6-8-16(17,9-7-11)15-18-13-10-12(19-2)4-5-14(13)20-15/h4-5,10-11H,3,6-9,17H2,1-2H3. The van der Waals surface area contributed by atoms with E-state index >= 15 is 0 Å². The van der Waals surface area contributed by atoms with Crippen molar-refractivity contribution in [3.63, 3.8) is 0 Å². The Hall–Kier alpha value is -1.55. The Bertz CT molecular complexity index is 598. The molecule has 1 saturated carbocycles. The van der Waals surface area contributed by atoms with Crippen molar-refractivity contribution in [3.8, 4) is 5.75 Å². The third kappa shape index (κ3) is 2.29. The maximum absolute atomic E-state index is 6.54.